The number of benzene rings is 2. The van der Waals surface area contributed by atoms with E-state index < -0.39 is 33.6 Å². The van der Waals surface area contributed by atoms with Crippen molar-refractivity contribution in [3.05, 3.63) is 51.5 Å². The highest BCUT2D eigenvalue weighted by atomic mass is 32.2. The van der Waals surface area contributed by atoms with Gasteiger partial charge in [-0.3, -0.25) is 15.0 Å². The minimum Gasteiger partial charge on any atom is -0.487 e. The van der Waals surface area contributed by atoms with Crippen LogP contribution in [0.25, 0.3) is 10.2 Å². The normalized spacial score (nSPS) is 15.3. The molecular weight excluding hydrogens is 589 g/mol. The van der Waals surface area contributed by atoms with Gasteiger partial charge in [0.05, 0.1) is 27.2 Å². The van der Waals surface area contributed by atoms with E-state index >= 15 is 0 Å². The monoisotopic (exact) mass is 628 g/mol. The molecule has 2 heterocycles. The number of sulfonamides is 1. The van der Waals surface area contributed by atoms with Gasteiger partial charge in [0.25, 0.3) is 10.0 Å². The number of nitrogens with two attached hydrogens (primary N) is 1. The number of fused-ring (bicyclic) bond motifs is 2. The van der Waals surface area contributed by atoms with Crippen molar-refractivity contribution in [3.8, 4) is 5.75 Å². The van der Waals surface area contributed by atoms with Crippen LogP contribution in [0.2, 0.25) is 0 Å². The standard InChI is InChI=1S/C30H40N6O5S2/c1-7-20(31)27(38)34-22(24(37)28-35-21-11-8-9-13-23(21)42-28)12-10-14-33-29(32)36-43(39,40)26-17(3)16(2)25-19(18(26)4)15-30(5,6)41-25/h8-9,11,13,20,22H,7,10,12,14-15,31H2,1-6H3,(H,34,38)(H3,32,33,36)/t20-,22-/m0/s1. The summed E-state index contributed by atoms with van der Waals surface area (Å²) in [6, 6.07) is 5.79. The van der Waals surface area contributed by atoms with Crippen molar-refractivity contribution in [1.82, 2.24) is 20.3 Å². The van der Waals surface area contributed by atoms with Crippen molar-refractivity contribution in [1.29, 1.82) is 5.41 Å². The van der Waals surface area contributed by atoms with E-state index in [9.17, 15) is 18.0 Å². The topological polar surface area (TPSA) is 176 Å². The molecule has 2 aromatic carbocycles. The highest BCUT2D eigenvalue weighted by Crippen LogP contribution is 2.43. The highest BCUT2D eigenvalue weighted by molar-refractivity contribution is 7.90. The van der Waals surface area contributed by atoms with Gasteiger partial charge in [-0.25, -0.2) is 18.1 Å². The average Bonchev–Trinajstić information content (AvgIpc) is 3.52. The smallest absolute Gasteiger partial charge is 0.264 e. The SMILES string of the molecule is CC[C@H](N)C(=O)N[C@@H](CCCNC(=N)NS(=O)(=O)c1c(C)c(C)c2c(c1C)CC(C)(C)O2)C(=O)c1nc2ccccc2s1. The number of ether oxygens (including phenoxy) is 1. The number of nitrogens with zero attached hydrogens (tertiary/aromatic N) is 1. The van der Waals surface area contributed by atoms with Crippen molar-refractivity contribution < 1.29 is 22.7 Å². The Morgan fingerprint density at radius 2 is 1.86 bits per heavy atom. The quantitative estimate of drug-likeness (QED) is 0.0925. The summed E-state index contributed by atoms with van der Waals surface area (Å²) in [6.45, 7) is 11.3. The van der Waals surface area contributed by atoms with E-state index in [1.54, 1.807) is 20.8 Å². The Morgan fingerprint density at radius 1 is 1.16 bits per heavy atom. The summed E-state index contributed by atoms with van der Waals surface area (Å²) in [6.07, 6.45) is 1.60. The fourth-order valence-corrected chi connectivity index (χ4v) is 7.73. The van der Waals surface area contributed by atoms with E-state index in [0.29, 0.717) is 35.9 Å². The summed E-state index contributed by atoms with van der Waals surface area (Å²) in [4.78, 5) is 30.5. The first-order valence-corrected chi connectivity index (χ1v) is 16.6. The summed E-state index contributed by atoms with van der Waals surface area (Å²) in [5, 5.41) is 14.1. The van der Waals surface area contributed by atoms with Crippen LogP contribution in [0.3, 0.4) is 0 Å². The molecule has 0 saturated carbocycles. The largest absolute Gasteiger partial charge is 0.487 e. The van der Waals surface area contributed by atoms with Crippen LogP contribution in [0.15, 0.2) is 29.2 Å². The number of ketones is 1. The van der Waals surface area contributed by atoms with E-state index in [0.717, 1.165) is 21.6 Å². The summed E-state index contributed by atoms with van der Waals surface area (Å²) < 4.78 is 36.2. The van der Waals surface area contributed by atoms with Gasteiger partial charge in [0.2, 0.25) is 17.6 Å². The van der Waals surface area contributed by atoms with Crippen LogP contribution in [0.5, 0.6) is 5.75 Å². The summed E-state index contributed by atoms with van der Waals surface area (Å²) in [5.74, 6) is -0.410. The molecule has 13 heteroatoms. The second kappa shape index (κ2) is 12.6. The Labute approximate surface area is 256 Å². The molecule has 0 fully saturated rings. The van der Waals surface area contributed by atoms with Gasteiger partial charge in [0.15, 0.2) is 5.01 Å². The molecule has 6 N–H and O–H groups in total. The second-order valence-corrected chi connectivity index (χ2v) is 14.2. The number of carbonyl (C=O) groups excluding carboxylic acids is 2. The summed E-state index contributed by atoms with van der Waals surface area (Å²) in [7, 11) is -4.07. The van der Waals surface area contributed by atoms with E-state index in [1.807, 2.05) is 45.0 Å². The number of hydrogen-bond donors (Lipinski definition) is 5. The third-order valence-electron chi connectivity index (χ3n) is 7.68. The number of amides is 1. The molecule has 4 rings (SSSR count). The number of para-hydroxylation sites is 1. The predicted molar refractivity (Wildman–Crippen MR) is 168 cm³/mol. The fourth-order valence-electron chi connectivity index (χ4n) is 5.25. The van der Waals surface area contributed by atoms with Crippen LogP contribution in [-0.4, -0.2) is 55.3 Å². The number of nitrogens with one attached hydrogen (secondary N) is 4. The third kappa shape index (κ3) is 7.00. The van der Waals surface area contributed by atoms with Crippen LogP contribution in [0.1, 0.15) is 72.1 Å². The molecule has 232 valence electrons. The molecule has 2 atom stereocenters. The molecule has 3 aromatic rings. The lowest BCUT2D eigenvalue weighted by atomic mass is 9.94. The number of carbonyl (C=O) groups is 2. The molecule has 0 bridgehead atoms. The Kier molecular flexibility index (Phi) is 9.48. The molecular formula is C30H40N6O5S2. The molecule has 0 radical (unpaired) electrons. The number of hydrogen-bond acceptors (Lipinski definition) is 9. The van der Waals surface area contributed by atoms with Crippen molar-refractivity contribution >= 4 is 49.2 Å². The third-order valence-corrected chi connectivity index (χ3v) is 10.4. The lowest BCUT2D eigenvalue weighted by Crippen LogP contribution is -2.48. The maximum absolute atomic E-state index is 13.4. The van der Waals surface area contributed by atoms with Gasteiger partial charge >= 0.3 is 0 Å². The minimum atomic E-state index is -4.07. The van der Waals surface area contributed by atoms with Gasteiger partial charge in [-0.05, 0) is 82.7 Å². The van der Waals surface area contributed by atoms with E-state index in [-0.39, 0.29) is 34.6 Å². The second-order valence-electron chi connectivity index (χ2n) is 11.5. The van der Waals surface area contributed by atoms with Crippen LogP contribution < -0.4 is 25.8 Å². The lowest BCUT2D eigenvalue weighted by molar-refractivity contribution is -0.122. The predicted octanol–water partition coefficient (Wildman–Crippen LogP) is 3.62. The summed E-state index contributed by atoms with van der Waals surface area (Å²) in [5.41, 5.74) is 8.98. The van der Waals surface area contributed by atoms with Gasteiger partial charge in [-0.2, -0.15) is 0 Å². The van der Waals surface area contributed by atoms with Crippen LogP contribution in [0, 0.1) is 26.2 Å². The van der Waals surface area contributed by atoms with E-state index in [4.69, 9.17) is 15.9 Å². The number of aromatic nitrogens is 1. The Bertz CT molecular complexity index is 1650. The first-order chi connectivity index (χ1) is 20.1. The van der Waals surface area contributed by atoms with Crippen molar-refractivity contribution in [2.45, 2.75) is 89.8 Å². The molecule has 0 spiro atoms. The zero-order valence-electron chi connectivity index (χ0n) is 25.4. The van der Waals surface area contributed by atoms with Crippen LogP contribution >= 0.6 is 11.3 Å². The number of Topliss-reactive ketones (excluding diaryl/α,β-unsaturated/α-hetero) is 1. The first-order valence-electron chi connectivity index (χ1n) is 14.3. The molecule has 1 aromatic heterocycles. The zero-order valence-corrected chi connectivity index (χ0v) is 27.0. The molecule has 1 amide bonds. The van der Waals surface area contributed by atoms with Gasteiger partial charge < -0.3 is 21.1 Å². The van der Waals surface area contributed by atoms with Crippen LogP contribution in [-0.2, 0) is 21.2 Å². The molecule has 0 aliphatic carbocycles. The molecule has 0 unspecified atom stereocenters. The van der Waals surface area contributed by atoms with E-state index in [2.05, 4.69) is 20.3 Å². The maximum atomic E-state index is 13.4. The Balaban J connectivity index is 1.41. The number of rotatable bonds is 11. The van der Waals surface area contributed by atoms with Crippen molar-refractivity contribution in [2.24, 2.45) is 5.73 Å². The minimum absolute atomic E-state index is 0.146. The number of guanidine groups is 1. The fraction of sp³-hybridized carbons (Fsp3) is 0.467. The first kappa shape index (κ1) is 32.4. The van der Waals surface area contributed by atoms with Gasteiger partial charge in [-0.15, -0.1) is 11.3 Å². The summed E-state index contributed by atoms with van der Waals surface area (Å²) >= 11 is 1.26. The zero-order chi connectivity index (χ0) is 31.7. The molecule has 43 heavy (non-hydrogen) atoms. The van der Waals surface area contributed by atoms with Crippen LogP contribution in [0.4, 0.5) is 0 Å². The maximum Gasteiger partial charge on any atom is 0.264 e. The van der Waals surface area contributed by atoms with Crippen molar-refractivity contribution in [3.63, 3.8) is 0 Å². The van der Waals surface area contributed by atoms with E-state index in [1.165, 1.54) is 11.3 Å². The molecule has 1 aliphatic rings. The molecule has 1 aliphatic heterocycles. The lowest BCUT2D eigenvalue weighted by Gasteiger charge is -2.20. The Hall–Kier alpha value is -3.55. The van der Waals surface area contributed by atoms with Crippen molar-refractivity contribution in [2.75, 3.05) is 6.54 Å². The molecule has 0 saturated heterocycles. The van der Waals surface area contributed by atoms with Gasteiger partial charge in [-0.1, -0.05) is 19.1 Å². The number of thiazole rings is 1. The van der Waals surface area contributed by atoms with Gasteiger partial charge in [0, 0.05) is 18.5 Å². The Morgan fingerprint density at radius 3 is 2.53 bits per heavy atom. The average molecular weight is 629 g/mol. The highest BCUT2D eigenvalue weighted by Gasteiger charge is 2.37. The van der Waals surface area contributed by atoms with Gasteiger partial charge in [0.1, 0.15) is 11.4 Å². The molecule has 11 nitrogen and oxygen atoms in total.